The molecule has 0 fully saturated rings. The van der Waals surface area contributed by atoms with Crippen molar-refractivity contribution in [3.05, 3.63) is 24.1 Å². The van der Waals surface area contributed by atoms with Crippen molar-refractivity contribution in [1.29, 1.82) is 0 Å². The summed E-state index contributed by atoms with van der Waals surface area (Å²) in [5.74, 6) is 0.707. The van der Waals surface area contributed by atoms with Crippen molar-refractivity contribution in [3.8, 4) is 0 Å². The van der Waals surface area contributed by atoms with Crippen LogP contribution in [0.3, 0.4) is 0 Å². The van der Waals surface area contributed by atoms with Gasteiger partial charge in [-0.2, -0.15) is 0 Å². The summed E-state index contributed by atoms with van der Waals surface area (Å²) in [6, 6.07) is 5.86. The smallest absolute Gasteiger partial charge is 0.192 e. The van der Waals surface area contributed by atoms with Crippen molar-refractivity contribution < 1.29 is 4.42 Å². The second-order valence-electron chi connectivity index (χ2n) is 2.67. The number of rotatable bonds is 1. The molecule has 1 N–H and O–H groups in total. The van der Waals surface area contributed by atoms with Crippen LogP contribution < -0.4 is 5.32 Å². The summed E-state index contributed by atoms with van der Waals surface area (Å²) >= 11 is 0. The molecule has 1 aromatic heterocycles. The molecule has 1 aromatic carbocycles. The van der Waals surface area contributed by atoms with E-state index in [9.17, 15) is 0 Å². The van der Waals surface area contributed by atoms with Gasteiger partial charge < -0.3 is 9.73 Å². The number of aryl methyl sites for hydroxylation is 1. The largest absolute Gasteiger partial charge is 0.441 e. The zero-order chi connectivity index (χ0) is 8.55. The highest BCUT2D eigenvalue weighted by Crippen LogP contribution is 2.18. The molecular formula is C9H10N2O. The molecule has 0 atom stereocenters. The second kappa shape index (κ2) is 2.52. The van der Waals surface area contributed by atoms with Gasteiger partial charge in [-0.1, -0.05) is 0 Å². The second-order valence-corrected chi connectivity index (χ2v) is 2.67. The maximum atomic E-state index is 5.36. The molecule has 0 saturated heterocycles. The molecule has 0 spiro atoms. The average Bonchev–Trinajstić information content (AvgIpc) is 2.43. The molecule has 0 saturated carbocycles. The number of hydrogen-bond acceptors (Lipinski definition) is 3. The van der Waals surface area contributed by atoms with Crippen molar-refractivity contribution in [2.45, 2.75) is 6.92 Å². The number of anilines is 1. The number of hydrogen-bond donors (Lipinski definition) is 1. The fraction of sp³-hybridized carbons (Fsp3) is 0.222. The predicted molar refractivity (Wildman–Crippen MR) is 48.3 cm³/mol. The third kappa shape index (κ3) is 1.03. The van der Waals surface area contributed by atoms with Gasteiger partial charge in [-0.3, -0.25) is 0 Å². The fourth-order valence-corrected chi connectivity index (χ4v) is 1.20. The summed E-state index contributed by atoms with van der Waals surface area (Å²) in [6.07, 6.45) is 0. The number of nitrogens with one attached hydrogen (secondary N) is 1. The lowest BCUT2D eigenvalue weighted by atomic mass is 10.3. The maximum absolute atomic E-state index is 5.36. The Bertz CT molecular complexity index is 406. The summed E-state index contributed by atoms with van der Waals surface area (Å²) in [6.45, 7) is 1.85. The van der Waals surface area contributed by atoms with Gasteiger partial charge in [-0.15, -0.1) is 0 Å². The minimum Gasteiger partial charge on any atom is -0.441 e. The number of nitrogens with zero attached hydrogens (tertiary/aromatic N) is 1. The molecule has 0 aliphatic carbocycles. The van der Waals surface area contributed by atoms with Crippen LogP contribution in [0.25, 0.3) is 11.1 Å². The predicted octanol–water partition coefficient (Wildman–Crippen LogP) is 2.18. The molecule has 3 heteroatoms. The van der Waals surface area contributed by atoms with Crippen molar-refractivity contribution in [2.75, 3.05) is 12.4 Å². The van der Waals surface area contributed by atoms with Crippen molar-refractivity contribution >= 4 is 16.8 Å². The normalized spacial score (nSPS) is 10.5. The van der Waals surface area contributed by atoms with E-state index >= 15 is 0 Å². The quantitative estimate of drug-likeness (QED) is 0.698. The third-order valence-electron chi connectivity index (χ3n) is 1.78. The zero-order valence-corrected chi connectivity index (χ0v) is 7.09. The van der Waals surface area contributed by atoms with Gasteiger partial charge in [0.2, 0.25) is 0 Å². The van der Waals surface area contributed by atoms with Gasteiger partial charge >= 0.3 is 0 Å². The summed E-state index contributed by atoms with van der Waals surface area (Å²) in [7, 11) is 1.88. The molecule has 2 aromatic rings. The first-order valence-corrected chi connectivity index (χ1v) is 3.84. The Kier molecular flexibility index (Phi) is 1.50. The van der Waals surface area contributed by atoms with E-state index < -0.39 is 0 Å². The molecule has 1 heterocycles. The van der Waals surface area contributed by atoms with Crippen LogP contribution in [0.4, 0.5) is 5.69 Å². The minimum atomic E-state index is 0.707. The molecule has 0 amide bonds. The van der Waals surface area contributed by atoms with E-state index in [2.05, 4.69) is 10.3 Å². The first-order chi connectivity index (χ1) is 5.79. The van der Waals surface area contributed by atoms with E-state index in [1.165, 1.54) is 0 Å². The van der Waals surface area contributed by atoms with Gasteiger partial charge in [0, 0.05) is 25.7 Å². The van der Waals surface area contributed by atoms with E-state index in [0.29, 0.717) is 5.89 Å². The summed E-state index contributed by atoms with van der Waals surface area (Å²) in [4.78, 5) is 4.19. The van der Waals surface area contributed by atoms with Crippen LogP contribution in [0, 0.1) is 6.92 Å². The molecule has 62 valence electrons. The molecule has 0 unspecified atom stereocenters. The monoisotopic (exact) mass is 162 g/mol. The highest BCUT2D eigenvalue weighted by atomic mass is 16.3. The molecular weight excluding hydrogens is 152 g/mol. The van der Waals surface area contributed by atoms with Gasteiger partial charge in [0.15, 0.2) is 11.5 Å². The Labute approximate surface area is 70.4 Å². The average molecular weight is 162 g/mol. The van der Waals surface area contributed by atoms with Gasteiger partial charge in [-0.05, 0) is 12.1 Å². The summed E-state index contributed by atoms with van der Waals surface area (Å²) in [5.41, 5.74) is 2.78. The lowest BCUT2D eigenvalue weighted by Crippen LogP contribution is -1.85. The topological polar surface area (TPSA) is 38.1 Å². The maximum Gasteiger partial charge on any atom is 0.192 e. The molecule has 0 radical (unpaired) electrons. The SMILES string of the molecule is CNc1ccc2nc(C)oc2c1. The van der Waals surface area contributed by atoms with Gasteiger partial charge in [0.05, 0.1) is 0 Å². The third-order valence-corrected chi connectivity index (χ3v) is 1.78. The Balaban J connectivity index is 2.66. The molecule has 2 rings (SSSR count). The van der Waals surface area contributed by atoms with Crippen LogP contribution in [0.15, 0.2) is 22.6 Å². The highest BCUT2D eigenvalue weighted by Gasteiger charge is 2.01. The van der Waals surface area contributed by atoms with E-state index in [-0.39, 0.29) is 0 Å². The van der Waals surface area contributed by atoms with Crippen molar-refractivity contribution in [3.63, 3.8) is 0 Å². The minimum absolute atomic E-state index is 0.707. The van der Waals surface area contributed by atoms with E-state index in [1.807, 2.05) is 32.2 Å². The first kappa shape index (κ1) is 7.16. The van der Waals surface area contributed by atoms with Crippen LogP contribution >= 0.6 is 0 Å². The van der Waals surface area contributed by atoms with Crippen molar-refractivity contribution in [1.82, 2.24) is 4.98 Å². The van der Waals surface area contributed by atoms with Crippen LogP contribution in [-0.4, -0.2) is 12.0 Å². The molecule has 0 bridgehead atoms. The standard InChI is InChI=1S/C9H10N2O/c1-6-11-8-4-3-7(10-2)5-9(8)12-6/h3-5,10H,1-2H3. The van der Waals surface area contributed by atoms with Crippen LogP contribution in [-0.2, 0) is 0 Å². The van der Waals surface area contributed by atoms with Crippen LogP contribution in [0.1, 0.15) is 5.89 Å². The molecule has 0 aliphatic rings. The van der Waals surface area contributed by atoms with Crippen LogP contribution in [0.5, 0.6) is 0 Å². The highest BCUT2D eigenvalue weighted by molar-refractivity contribution is 5.77. The van der Waals surface area contributed by atoms with Gasteiger partial charge in [0.25, 0.3) is 0 Å². The van der Waals surface area contributed by atoms with Gasteiger partial charge in [0.1, 0.15) is 5.52 Å². The van der Waals surface area contributed by atoms with Gasteiger partial charge in [-0.25, -0.2) is 4.98 Å². The van der Waals surface area contributed by atoms with E-state index in [0.717, 1.165) is 16.8 Å². The molecule has 0 aliphatic heterocycles. The van der Waals surface area contributed by atoms with E-state index in [4.69, 9.17) is 4.42 Å². The Morgan fingerprint density at radius 3 is 3.00 bits per heavy atom. The zero-order valence-electron chi connectivity index (χ0n) is 7.09. The number of benzene rings is 1. The first-order valence-electron chi connectivity index (χ1n) is 3.84. The Morgan fingerprint density at radius 1 is 1.42 bits per heavy atom. The summed E-state index contributed by atoms with van der Waals surface area (Å²) < 4.78 is 5.36. The number of aromatic nitrogens is 1. The number of fused-ring (bicyclic) bond motifs is 1. The number of oxazole rings is 1. The fourth-order valence-electron chi connectivity index (χ4n) is 1.20. The lowest BCUT2D eigenvalue weighted by Gasteiger charge is -1.96. The Hall–Kier alpha value is -1.51. The Morgan fingerprint density at radius 2 is 2.25 bits per heavy atom. The van der Waals surface area contributed by atoms with E-state index in [1.54, 1.807) is 0 Å². The lowest BCUT2D eigenvalue weighted by molar-refractivity contribution is 0.561. The summed E-state index contributed by atoms with van der Waals surface area (Å²) in [5, 5.41) is 3.04. The van der Waals surface area contributed by atoms with Crippen LogP contribution in [0.2, 0.25) is 0 Å². The molecule has 3 nitrogen and oxygen atoms in total. The molecule has 12 heavy (non-hydrogen) atoms. The van der Waals surface area contributed by atoms with Crippen molar-refractivity contribution in [2.24, 2.45) is 0 Å².